The van der Waals surface area contributed by atoms with Gasteiger partial charge in [-0.3, -0.25) is 4.57 Å². The van der Waals surface area contributed by atoms with Crippen LogP contribution in [0.15, 0.2) is 18.2 Å². The Balaban J connectivity index is 1.58. The first-order valence-electron chi connectivity index (χ1n) is 12.6. The molecule has 2 aliphatic heterocycles. The van der Waals surface area contributed by atoms with E-state index in [1.54, 1.807) is 18.2 Å². The molecular formula is C24H33F2N9O2. The summed E-state index contributed by atoms with van der Waals surface area (Å²) < 4.78 is 41.5. The van der Waals surface area contributed by atoms with Gasteiger partial charge >= 0.3 is 0 Å². The van der Waals surface area contributed by atoms with Crippen molar-refractivity contribution in [3.05, 3.63) is 24.0 Å². The van der Waals surface area contributed by atoms with E-state index in [9.17, 15) is 8.78 Å². The molecule has 1 aromatic carbocycles. The van der Waals surface area contributed by atoms with E-state index >= 15 is 0 Å². The number of imidazole rings is 1. The topological polar surface area (TPSA) is 96.7 Å². The zero-order chi connectivity index (χ0) is 25.8. The van der Waals surface area contributed by atoms with Gasteiger partial charge in [-0.2, -0.15) is 15.0 Å². The molecule has 5 rings (SSSR count). The smallest absolute Gasteiger partial charge is 0.296 e. The maximum atomic E-state index is 14.3. The lowest BCUT2D eigenvalue weighted by atomic mass is 10.3. The van der Waals surface area contributed by atoms with Gasteiger partial charge < -0.3 is 29.5 Å². The van der Waals surface area contributed by atoms with Crippen LogP contribution in [0.3, 0.4) is 0 Å². The molecule has 200 valence electrons. The van der Waals surface area contributed by atoms with Crippen molar-refractivity contribution in [3.8, 4) is 11.7 Å². The van der Waals surface area contributed by atoms with E-state index in [1.807, 2.05) is 23.9 Å². The molecule has 0 bridgehead atoms. The summed E-state index contributed by atoms with van der Waals surface area (Å²) in [5, 5.41) is 3.32. The van der Waals surface area contributed by atoms with Gasteiger partial charge in [-0.25, -0.2) is 13.8 Å². The fourth-order valence-corrected chi connectivity index (χ4v) is 4.48. The number of aromatic nitrogens is 5. The first-order valence-corrected chi connectivity index (χ1v) is 12.6. The highest BCUT2D eigenvalue weighted by molar-refractivity contribution is 5.84. The van der Waals surface area contributed by atoms with Crippen molar-refractivity contribution < 1.29 is 18.3 Å². The molecule has 2 fully saturated rings. The van der Waals surface area contributed by atoms with Crippen molar-refractivity contribution in [2.75, 3.05) is 89.5 Å². The van der Waals surface area contributed by atoms with Gasteiger partial charge in [0.05, 0.1) is 25.3 Å². The number of alkyl halides is 2. The molecule has 37 heavy (non-hydrogen) atoms. The second-order valence-electron chi connectivity index (χ2n) is 9.31. The number of morpholine rings is 1. The molecular weight excluding hydrogens is 484 g/mol. The van der Waals surface area contributed by atoms with Gasteiger partial charge in [-0.05, 0) is 32.6 Å². The van der Waals surface area contributed by atoms with Crippen LogP contribution in [0.4, 0.5) is 20.7 Å². The molecule has 11 nitrogen and oxygen atoms in total. The summed E-state index contributed by atoms with van der Waals surface area (Å²) in [5.74, 6) is 1.06. The minimum absolute atomic E-state index is 0.118. The van der Waals surface area contributed by atoms with Crippen molar-refractivity contribution in [1.29, 1.82) is 0 Å². The average Bonchev–Trinajstić information content (AvgIpc) is 3.33. The third-order valence-corrected chi connectivity index (χ3v) is 6.37. The zero-order valence-electron chi connectivity index (χ0n) is 21.2. The molecule has 0 amide bonds. The fraction of sp³-hybridized carbons (Fsp3) is 0.583. The Morgan fingerprint density at radius 3 is 2.32 bits per heavy atom. The van der Waals surface area contributed by atoms with Crippen LogP contribution in [0.25, 0.3) is 17.0 Å². The first kappa shape index (κ1) is 25.5. The summed E-state index contributed by atoms with van der Waals surface area (Å²) in [6.45, 7) is 6.64. The predicted octanol–water partition coefficient (Wildman–Crippen LogP) is 1.72. The van der Waals surface area contributed by atoms with Gasteiger partial charge in [0.25, 0.3) is 6.43 Å². The van der Waals surface area contributed by atoms with Gasteiger partial charge in [0.1, 0.15) is 11.3 Å². The maximum absolute atomic E-state index is 14.3. The largest absolute Gasteiger partial charge is 0.491 e. The number of para-hydroxylation sites is 1. The van der Waals surface area contributed by atoms with E-state index in [2.05, 4.69) is 25.2 Å². The van der Waals surface area contributed by atoms with Gasteiger partial charge in [0, 0.05) is 45.8 Å². The van der Waals surface area contributed by atoms with Gasteiger partial charge in [0.2, 0.25) is 17.8 Å². The van der Waals surface area contributed by atoms with Crippen LogP contribution in [0.5, 0.6) is 5.75 Å². The molecule has 0 saturated carbocycles. The molecule has 0 radical (unpaired) electrons. The third-order valence-electron chi connectivity index (χ3n) is 6.37. The number of benzene rings is 1. The Labute approximate surface area is 214 Å². The van der Waals surface area contributed by atoms with Crippen LogP contribution in [-0.2, 0) is 4.74 Å². The number of nitrogens with one attached hydrogen (secondary N) is 1. The SMILES string of the molecule is CN(C)CCCOc1cccc2c1nc(C(F)F)n2-c1nc(N2CCNCC2)nc(N2CCOCC2)n1. The highest BCUT2D eigenvalue weighted by atomic mass is 19.3. The van der Waals surface area contributed by atoms with Crippen molar-refractivity contribution in [2.45, 2.75) is 12.8 Å². The van der Waals surface area contributed by atoms with Gasteiger partial charge in [-0.15, -0.1) is 0 Å². The number of rotatable bonds is 9. The number of piperazine rings is 1. The summed E-state index contributed by atoms with van der Waals surface area (Å²) >= 11 is 0. The van der Waals surface area contributed by atoms with Crippen LogP contribution in [-0.4, -0.2) is 109 Å². The molecule has 3 aromatic rings. The summed E-state index contributed by atoms with van der Waals surface area (Å²) in [7, 11) is 3.98. The molecule has 2 aliphatic rings. The summed E-state index contributed by atoms with van der Waals surface area (Å²) in [6.07, 6.45) is -2.03. The Morgan fingerprint density at radius 2 is 1.65 bits per heavy atom. The van der Waals surface area contributed by atoms with Crippen molar-refractivity contribution >= 4 is 22.9 Å². The Morgan fingerprint density at radius 1 is 0.973 bits per heavy atom. The number of anilines is 2. The zero-order valence-corrected chi connectivity index (χ0v) is 21.2. The average molecular weight is 518 g/mol. The highest BCUT2D eigenvalue weighted by Crippen LogP contribution is 2.32. The summed E-state index contributed by atoms with van der Waals surface area (Å²) in [6, 6.07) is 5.27. The number of hydrogen-bond donors (Lipinski definition) is 1. The van der Waals surface area contributed by atoms with E-state index in [0.717, 1.165) is 26.1 Å². The second-order valence-corrected chi connectivity index (χ2v) is 9.31. The lowest BCUT2D eigenvalue weighted by Crippen LogP contribution is -2.45. The number of nitrogens with zero attached hydrogens (tertiary/aromatic N) is 8. The van der Waals surface area contributed by atoms with Crippen molar-refractivity contribution in [1.82, 2.24) is 34.7 Å². The molecule has 0 unspecified atom stereocenters. The number of ether oxygens (including phenoxy) is 2. The highest BCUT2D eigenvalue weighted by Gasteiger charge is 2.27. The van der Waals surface area contributed by atoms with Crippen LogP contribution in [0.1, 0.15) is 18.7 Å². The predicted molar refractivity (Wildman–Crippen MR) is 136 cm³/mol. The fourth-order valence-electron chi connectivity index (χ4n) is 4.48. The minimum atomic E-state index is -2.83. The normalized spacial score (nSPS) is 16.8. The minimum Gasteiger partial charge on any atom is -0.491 e. The molecule has 0 aliphatic carbocycles. The summed E-state index contributed by atoms with van der Waals surface area (Å²) in [4.78, 5) is 24.5. The third kappa shape index (κ3) is 5.73. The molecule has 2 saturated heterocycles. The summed E-state index contributed by atoms with van der Waals surface area (Å²) in [5.41, 5.74) is 0.825. The van der Waals surface area contributed by atoms with E-state index in [1.165, 1.54) is 4.57 Å². The molecule has 2 aromatic heterocycles. The van der Waals surface area contributed by atoms with Crippen molar-refractivity contribution in [2.24, 2.45) is 0 Å². The van der Waals surface area contributed by atoms with E-state index in [4.69, 9.17) is 14.5 Å². The van der Waals surface area contributed by atoms with E-state index in [-0.39, 0.29) is 5.95 Å². The van der Waals surface area contributed by atoms with E-state index < -0.39 is 12.2 Å². The Bertz CT molecular complexity index is 1160. The standard InChI is InChI=1S/C24H33F2N9O2/c1-32(2)9-4-14-37-18-6-3-5-17-19(18)28-21(20(25)26)35(17)24-30-22(33-10-7-27-8-11-33)29-23(31-24)34-12-15-36-16-13-34/h3,5-6,20,27H,4,7-16H2,1-2H3. The van der Waals surface area contributed by atoms with Crippen LogP contribution < -0.4 is 19.9 Å². The first-order chi connectivity index (χ1) is 18.0. The lowest BCUT2D eigenvalue weighted by Gasteiger charge is -2.30. The molecule has 0 spiro atoms. The quantitative estimate of drug-likeness (QED) is 0.423. The maximum Gasteiger partial charge on any atom is 0.296 e. The monoisotopic (exact) mass is 517 g/mol. The Hall–Kier alpha value is -3.16. The van der Waals surface area contributed by atoms with Crippen LogP contribution in [0, 0.1) is 0 Å². The number of halogens is 2. The van der Waals surface area contributed by atoms with E-state index in [0.29, 0.717) is 74.7 Å². The van der Waals surface area contributed by atoms with Crippen molar-refractivity contribution in [3.63, 3.8) is 0 Å². The molecule has 0 atom stereocenters. The van der Waals surface area contributed by atoms with Gasteiger partial charge in [0.15, 0.2) is 5.82 Å². The van der Waals surface area contributed by atoms with Crippen LogP contribution in [0.2, 0.25) is 0 Å². The van der Waals surface area contributed by atoms with Crippen LogP contribution >= 0.6 is 0 Å². The van der Waals surface area contributed by atoms with Gasteiger partial charge in [-0.1, -0.05) is 6.07 Å². The molecule has 13 heteroatoms. The molecule has 4 heterocycles. The number of hydrogen-bond acceptors (Lipinski definition) is 10. The lowest BCUT2D eigenvalue weighted by molar-refractivity contribution is 0.122. The molecule has 1 N–H and O–H groups in total. The second kappa shape index (κ2) is 11.5. The number of fused-ring (bicyclic) bond motifs is 1. The Kier molecular flexibility index (Phi) is 7.91.